The first-order valence-corrected chi connectivity index (χ1v) is 8.98. The van der Waals surface area contributed by atoms with Gasteiger partial charge >= 0.3 is 0 Å². The fraction of sp³-hybridized carbons (Fsp3) is 0.632. The normalized spacial score (nSPS) is 24.2. The van der Waals surface area contributed by atoms with Gasteiger partial charge in [0.2, 0.25) is 5.91 Å². The van der Waals surface area contributed by atoms with E-state index in [-0.39, 0.29) is 18.1 Å². The summed E-state index contributed by atoms with van der Waals surface area (Å²) >= 11 is 0. The lowest BCUT2D eigenvalue weighted by molar-refractivity contribution is -0.127. The Morgan fingerprint density at radius 3 is 2.79 bits per heavy atom. The lowest BCUT2D eigenvalue weighted by Gasteiger charge is -2.34. The highest BCUT2D eigenvalue weighted by Crippen LogP contribution is 2.27. The van der Waals surface area contributed by atoms with Gasteiger partial charge in [-0.2, -0.15) is 0 Å². The number of hydrogen-bond donors (Lipinski definition) is 1. The third-order valence-electron chi connectivity index (χ3n) is 4.76. The average molecular weight is 333 g/mol. The summed E-state index contributed by atoms with van der Waals surface area (Å²) in [5, 5.41) is 3.09. The number of rotatable bonds is 8. The molecule has 132 valence electrons. The van der Waals surface area contributed by atoms with E-state index in [1.54, 1.807) is 0 Å². The molecule has 1 saturated carbocycles. The van der Waals surface area contributed by atoms with Crippen LogP contribution in [0.2, 0.25) is 0 Å². The summed E-state index contributed by atoms with van der Waals surface area (Å²) in [6.07, 6.45) is 4.97. The summed E-state index contributed by atoms with van der Waals surface area (Å²) in [6.45, 7) is 2.41. The second-order valence-corrected chi connectivity index (χ2v) is 6.62. The number of carbonyl (C=O) groups is 1. The topological polar surface area (TPSA) is 56.8 Å². The molecular weight excluding hydrogens is 306 g/mol. The number of amides is 1. The van der Waals surface area contributed by atoms with Crippen LogP contribution >= 0.6 is 0 Å². The van der Waals surface area contributed by atoms with Gasteiger partial charge in [0.1, 0.15) is 11.9 Å². The van der Waals surface area contributed by atoms with E-state index < -0.39 is 0 Å². The maximum atomic E-state index is 12.2. The number of para-hydroxylation sites is 1. The molecule has 0 bridgehead atoms. The number of ether oxygens (including phenoxy) is 3. The van der Waals surface area contributed by atoms with Crippen molar-refractivity contribution in [1.29, 1.82) is 0 Å². The van der Waals surface area contributed by atoms with Crippen molar-refractivity contribution in [2.75, 3.05) is 26.4 Å². The van der Waals surface area contributed by atoms with Crippen LogP contribution in [0.1, 0.15) is 32.1 Å². The zero-order valence-corrected chi connectivity index (χ0v) is 14.1. The minimum absolute atomic E-state index is 0.00933. The molecule has 1 heterocycles. The average Bonchev–Trinajstić information content (AvgIpc) is 2.56. The van der Waals surface area contributed by atoms with Crippen molar-refractivity contribution in [3.05, 3.63) is 30.3 Å². The fourth-order valence-corrected chi connectivity index (χ4v) is 3.02. The molecule has 0 unspecified atom stereocenters. The Kier molecular flexibility index (Phi) is 6.49. The van der Waals surface area contributed by atoms with Crippen LogP contribution in [0.15, 0.2) is 30.3 Å². The lowest BCUT2D eigenvalue weighted by Crippen LogP contribution is -2.50. The summed E-state index contributed by atoms with van der Waals surface area (Å²) in [7, 11) is 0. The largest absolute Gasteiger partial charge is 0.493 e. The first-order valence-electron chi connectivity index (χ1n) is 8.98. The van der Waals surface area contributed by atoms with Gasteiger partial charge in [0.25, 0.3) is 0 Å². The highest BCUT2D eigenvalue weighted by atomic mass is 16.5. The van der Waals surface area contributed by atoms with Crippen LogP contribution in [-0.4, -0.2) is 44.5 Å². The number of benzene rings is 1. The third-order valence-corrected chi connectivity index (χ3v) is 4.76. The van der Waals surface area contributed by atoms with Crippen molar-refractivity contribution in [3.8, 4) is 5.75 Å². The van der Waals surface area contributed by atoms with Crippen molar-refractivity contribution in [2.24, 2.45) is 5.92 Å². The molecule has 24 heavy (non-hydrogen) atoms. The van der Waals surface area contributed by atoms with E-state index in [9.17, 15) is 4.79 Å². The Morgan fingerprint density at radius 2 is 2.04 bits per heavy atom. The van der Waals surface area contributed by atoms with E-state index in [1.165, 1.54) is 19.3 Å². The maximum Gasteiger partial charge on any atom is 0.223 e. The number of nitrogens with one attached hydrogen (secondary N) is 1. The van der Waals surface area contributed by atoms with Crippen molar-refractivity contribution in [1.82, 2.24) is 5.32 Å². The van der Waals surface area contributed by atoms with E-state index in [4.69, 9.17) is 14.2 Å². The van der Waals surface area contributed by atoms with Crippen LogP contribution in [0.5, 0.6) is 5.75 Å². The zero-order valence-electron chi connectivity index (χ0n) is 14.1. The van der Waals surface area contributed by atoms with Gasteiger partial charge in [0.05, 0.1) is 25.7 Å². The predicted octanol–water partition coefficient (Wildman–Crippen LogP) is 2.55. The van der Waals surface area contributed by atoms with Gasteiger partial charge in [0, 0.05) is 13.2 Å². The van der Waals surface area contributed by atoms with E-state index in [0.29, 0.717) is 32.2 Å². The molecule has 2 aliphatic rings. The summed E-state index contributed by atoms with van der Waals surface area (Å²) in [4.78, 5) is 12.2. The lowest BCUT2D eigenvalue weighted by atomic mass is 9.86. The summed E-state index contributed by atoms with van der Waals surface area (Å²) in [5.74, 6) is 1.50. The zero-order chi connectivity index (χ0) is 16.6. The monoisotopic (exact) mass is 333 g/mol. The van der Waals surface area contributed by atoms with Gasteiger partial charge in [-0.25, -0.2) is 0 Å². The number of hydrogen-bond acceptors (Lipinski definition) is 4. The molecule has 5 heteroatoms. The van der Waals surface area contributed by atoms with E-state index in [1.807, 2.05) is 30.3 Å². The van der Waals surface area contributed by atoms with Crippen molar-refractivity contribution in [3.63, 3.8) is 0 Å². The second kappa shape index (κ2) is 9.04. The smallest absolute Gasteiger partial charge is 0.223 e. The SMILES string of the molecule is O=C(CCOc1ccccc1)N[C@@H]1CCOC[C@H]1OCC1CCC1. The summed E-state index contributed by atoms with van der Waals surface area (Å²) in [5.41, 5.74) is 0. The van der Waals surface area contributed by atoms with Crippen LogP contribution in [0.25, 0.3) is 0 Å². The molecule has 1 aromatic carbocycles. The molecular formula is C19H27NO4. The van der Waals surface area contributed by atoms with Crippen LogP contribution < -0.4 is 10.1 Å². The molecule has 1 aliphatic heterocycles. The van der Waals surface area contributed by atoms with Crippen LogP contribution in [0.3, 0.4) is 0 Å². The van der Waals surface area contributed by atoms with E-state index in [2.05, 4.69) is 5.32 Å². The molecule has 3 rings (SSSR count). The second-order valence-electron chi connectivity index (χ2n) is 6.62. The molecule has 0 radical (unpaired) electrons. The highest BCUT2D eigenvalue weighted by molar-refractivity contribution is 5.76. The summed E-state index contributed by atoms with van der Waals surface area (Å²) < 4.78 is 17.1. The standard InChI is InChI=1S/C19H27NO4/c21-19(10-12-23-16-7-2-1-3-8-16)20-17-9-11-22-14-18(17)24-13-15-5-4-6-15/h1-3,7-8,15,17-18H,4-6,9-14H2,(H,20,21)/t17-,18-/m1/s1. The van der Waals surface area contributed by atoms with Crippen LogP contribution in [0.4, 0.5) is 0 Å². The molecule has 1 aromatic rings. The highest BCUT2D eigenvalue weighted by Gasteiger charge is 2.29. The Hall–Kier alpha value is -1.59. The quantitative estimate of drug-likeness (QED) is 0.794. The molecule has 1 aliphatic carbocycles. The van der Waals surface area contributed by atoms with Crippen LogP contribution in [0, 0.1) is 5.92 Å². The van der Waals surface area contributed by atoms with E-state index in [0.717, 1.165) is 18.8 Å². The van der Waals surface area contributed by atoms with Gasteiger partial charge < -0.3 is 19.5 Å². The van der Waals surface area contributed by atoms with Crippen molar-refractivity contribution >= 4 is 5.91 Å². The third kappa shape index (κ3) is 5.21. The molecule has 2 fully saturated rings. The van der Waals surface area contributed by atoms with Gasteiger partial charge in [-0.1, -0.05) is 24.6 Å². The Balaban J connectivity index is 1.37. The first kappa shape index (κ1) is 17.2. The van der Waals surface area contributed by atoms with E-state index >= 15 is 0 Å². The summed E-state index contributed by atoms with van der Waals surface area (Å²) in [6, 6.07) is 9.60. The minimum Gasteiger partial charge on any atom is -0.493 e. The maximum absolute atomic E-state index is 12.2. The number of carbonyl (C=O) groups excluding carboxylic acids is 1. The van der Waals surface area contributed by atoms with Gasteiger partial charge in [0.15, 0.2) is 0 Å². The minimum atomic E-state index is -0.0293. The molecule has 2 atom stereocenters. The Bertz CT molecular complexity index is 503. The first-order chi connectivity index (χ1) is 11.8. The van der Waals surface area contributed by atoms with Crippen LogP contribution in [-0.2, 0) is 14.3 Å². The van der Waals surface area contributed by atoms with Crippen molar-refractivity contribution in [2.45, 2.75) is 44.2 Å². The van der Waals surface area contributed by atoms with Gasteiger partial charge in [-0.3, -0.25) is 4.79 Å². The molecule has 1 amide bonds. The van der Waals surface area contributed by atoms with Gasteiger partial charge in [-0.15, -0.1) is 0 Å². The van der Waals surface area contributed by atoms with Crippen molar-refractivity contribution < 1.29 is 19.0 Å². The molecule has 1 N–H and O–H groups in total. The molecule has 0 aromatic heterocycles. The molecule has 5 nitrogen and oxygen atoms in total. The van der Waals surface area contributed by atoms with Gasteiger partial charge in [-0.05, 0) is 37.3 Å². The Labute approximate surface area is 143 Å². The molecule has 1 saturated heterocycles. The predicted molar refractivity (Wildman–Crippen MR) is 91.0 cm³/mol. The fourth-order valence-electron chi connectivity index (χ4n) is 3.02. The molecule has 0 spiro atoms. The Morgan fingerprint density at radius 1 is 1.21 bits per heavy atom.